The number of fused-ring (bicyclic) bond motifs is 2. The molecule has 148 valence electrons. The summed E-state index contributed by atoms with van der Waals surface area (Å²) in [5, 5.41) is 7.58. The zero-order valence-corrected chi connectivity index (χ0v) is 16.5. The first-order chi connectivity index (χ1) is 13.5. The second kappa shape index (κ2) is 7.66. The molecule has 0 radical (unpaired) electrons. The van der Waals surface area contributed by atoms with Gasteiger partial charge in [0.25, 0.3) is 0 Å². The maximum absolute atomic E-state index is 12.6. The lowest BCUT2D eigenvalue weighted by atomic mass is 10.0. The van der Waals surface area contributed by atoms with E-state index in [1.807, 2.05) is 46.5 Å². The molecule has 1 aromatic carbocycles. The topological polar surface area (TPSA) is 70.5 Å². The third-order valence-corrected chi connectivity index (χ3v) is 5.49. The zero-order valence-electron chi connectivity index (χ0n) is 16.5. The van der Waals surface area contributed by atoms with Crippen LogP contribution in [-0.4, -0.2) is 44.6 Å². The SMILES string of the molecule is CC(C)C(=O)N1CCn2nc(CNC(=O)N3CCc4ccccc4C3)cc2C1. The number of nitrogens with zero attached hydrogens (tertiary/aromatic N) is 4. The summed E-state index contributed by atoms with van der Waals surface area (Å²) in [6.45, 7) is 7.59. The van der Waals surface area contributed by atoms with Gasteiger partial charge in [0, 0.05) is 25.6 Å². The van der Waals surface area contributed by atoms with Crippen LogP contribution in [0.3, 0.4) is 0 Å². The van der Waals surface area contributed by atoms with Gasteiger partial charge >= 0.3 is 6.03 Å². The second-order valence-corrected chi connectivity index (χ2v) is 7.86. The molecule has 0 spiro atoms. The van der Waals surface area contributed by atoms with Crippen molar-refractivity contribution in [2.45, 2.75) is 46.4 Å². The lowest BCUT2D eigenvalue weighted by Crippen LogP contribution is -2.42. The largest absolute Gasteiger partial charge is 0.335 e. The van der Waals surface area contributed by atoms with E-state index in [-0.39, 0.29) is 17.9 Å². The molecule has 4 rings (SSSR count). The Labute approximate surface area is 165 Å². The first-order valence-electron chi connectivity index (χ1n) is 9.95. The highest BCUT2D eigenvalue weighted by molar-refractivity contribution is 5.78. The fourth-order valence-corrected chi connectivity index (χ4v) is 3.91. The number of rotatable bonds is 3. The summed E-state index contributed by atoms with van der Waals surface area (Å²) < 4.78 is 1.95. The highest BCUT2D eigenvalue weighted by Crippen LogP contribution is 2.19. The van der Waals surface area contributed by atoms with E-state index in [2.05, 4.69) is 22.5 Å². The minimum atomic E-state index is -0.0583. The van der Waals surface area contributed by atoms with Crippen molar-refractivity contribution in [3.8, 4) is 0 Å². The van der Waals surface area contributed by atoms with Gasteiger partial charge in [0.05, 0.1) is 31.0 Å². The molecule has 1 N–H and O–H groups in total. The van der Waals surface area contributed by atoms with E-state index in [0.717, 1.165) is 24.4 Å². The first kappa shape index (κ1) is 18.5. The van der Waals surface area contributed by atoms with Crippen LogP contribution in [0.4, 0.5) is 4.79 Å². The van der Waals surface area contributed by atoms with Gasteiger partial charge in [-0.25, -0.2) is 4.79 Å². The molecule has 0 unspecified atom stereocenters. The first-order valence-corrected chi connectivity index (χ1v) is 9.95. The van der Waals surface area contributed by atoms with E-state index in [9.17, 15) is 9.59 Å². The predicted molar refractivity (Wildman–Crippen MR) is 105 cm³/mol. The lowest BCUT2D eigenvalue weighted by molar-refractivity contribution is -0.136. The second-order valence-electron chi connectivity index (χ2n) is 7.86. The van der Waals surface area contributed by atoms with Gasteiger partial charge < -0.3 is 15.1 Å². The number of carbonyl (C=O) groups excluding carboxylic acids is 2. The Morgan fingerprint density at radius 2 is 1.86 bits per heavy atom. The monoisotopic (exact) mass is 381 g/mol. The Balaban J connectivity index is 1.34. The normalized spacial score (nSPS) is 16.0. The summed E-state index contributed by atoms with van der Waals surface area (Å²) in [7, 11) is 0. The van der Waals surface area contributed by atoms with Crippen molar-refractivity contribution in [1.82, 2.24) is 24.9 Å². The number of urea groups is 1. The van der Waals surface area contributed by atoms with Gasteiger partial charge in [-0.05, 0) is 23.6 Å². The molecule has 3 heterocycles. The third-order valence-electron chi connectivity index (χ3n) is 5.49. The van der Waals surface area contributed by atoms with Gasteiger partial charge in [-0.15, -0.1) is 0 Å². The molecule has 0 fully saturated rings. The molecule has 1 aromatic heterocycles. The molecule has 7 nitrogen and oxygen atoms in total. The van der Waals surface area contributed by atoms with E-state index in [1.165, 1.54) is 11.1 Å². The lowest BCUT2D eigenvalue weighted by Gasteiger charge is -2.29. The average molecular weight is 381 g/mol. The Morgan fingerprint density at radius 3 is 2.64 bits per heavy atom. The number of benzene rings is 1. The smallest absolute Gasteiger partial charge is 0.318 e. The maximum atomic E-state index is 12.6. The maximum Gasteiger partial charge on any atom is 0.318 e. The minimum Gasteiger partial charge on any atom is -0.335 e. The van der Waals surface area contributed by atoms with Gasteiger partial charge in [-0.2, -0.15) is 5.10 Å². The van der Waals surface area contributed by atoms with Crippen LogP contribution in [0.15, 0.2) is 30.3 Å². The predicted octanol–water partition coefficient (Wildman–Crippen LogP) is 2.15. The van der Waals surface area contributed by atoms with Gasteiger partial charge in [-0.3, -0.25) is 9.48 Å². The average Bonchev–Trinajstić information content (AvgIpc) is 3.13. The standard InChI is InChI=1S/C21H27N5O2/c1-15(2)20(27)24-9-10-26-19(14-24)11-18(23-26)12-22-21(28)25-8-7-16-5-3-4-6-17(16)13-25/h3-6,11,15H,7-10,12-14H2,1-2H3,(H,22,28). The summed E-state index contributed by atoms with van der Waals surface area (Å²) in [6.07, 6.45) is 0.891. The third kappa shape index (κ3) is 3.74. The Bertz CT molecular complexity index is 889. The minimum absolute atomic E-state index is 0.00269. The van der Waals surface area contributed by atoms with Crippen LogP contribution in [0.5, 0.6) is 0 Å². The zero-order chi connectivity index (χ0) is 19.7. The van der Waals surface area contributed by atoms with Crippen molar-refractivity contribution >= 4 is 11.9 Å². The van der Waals surface area contributed by atoms with Crippen molar-refractivity contribution in [3.05, 3.63) is 52.8 Å². The fourth-order valence-electron chi connectivity index (χ4n) is 3.91. The van der Waals surface area contributed by atoms with Gasteiger partial charge in [0.1, 0.15) is 0 Å². The van der Waals surface area contributed by atoms with Crippen molar-refractivity contribution in [3.63, 3.8) is 0 Å². The van der Waals surface area contributed by atoms with Crippen LogP contribution in [0, 0.1) is 5.92 Å². The van der Waals surface area contributed by atoms with Gasteiger partial charge in [-0.1, -0.05) is 38.1 Å². The molecule has 0 saturated carbocycles. The fraction of sp³-hybridized carbons (Fsp3) is 0.476. The molecule has 0 aliphatic carbocycles. The molecule has 2 aromatic rings. The van der Waals surface area contributed by atoms with Crippen molar-refractivity contribution < 1.29 is 9.59 Å². The number of amides is 3. The number of hydrogen-bond acceptors (Lipinski definition) is 3. The van der Waals surface area contributed by atoms with Crippen LogP contribution in [0.2, 0.25) is 0 Å². The quantitative estimate of drug-likeness (QED) is 0.886. The highest BCUT2D eigenvalue weighted by Gasteiger charge is 2.24. The molecular weight excluding hydrogens is 354 g/mol. The van der Waals surface area contributed by atoms with E-state index >= 15 is 0 Å². The highest BCUT2D eigenvalue weighted by atomic mass is 16.2. The van der Waals surface area contributed by atoms with E-state index in [0.29, 0.717) is 32.7 Å². The number of hydrogen-bond donors (Lipinski definition) is 1. The van der Waals surface area contributed by atoms with E-state index in [4.69, 9.17) is 0 Å². The Hall–Kier alpha value is -2.83. The summed E-state index contributed by atoms with van der Waals surface area (Å²) >= 11 is 0. The van der Waals surface area contributed by atoms with Gasteiger partial charge in [0.2, 0.25) is 5.91 Å². The van der Waals surface area contributed by atoms with Gasteiger partial charge in [0.15, 0.2) is 0 Å². The molecule has 3 amide bonds. The molecule has 0 atom stereocenters. The Morgan fingerprint density at radius 1 is 1.07 bits per heavy atom. The molecular formula is C21H27N5O2. The molecule has 7 heteroatoms. The molecule has 2 aliphatic heterocycles. The van der Waals surface area contributed by atoms with Crippen LogP contribution >= 0.6 is 0 Å². The summed E-state index contributed by atoms with van der Waals surface area (Å²) in [5.41, 5.74) is 4.40. The van der Waals surface area contributed by atoms with Crippen LogP contribution < -0.4 is 5.32 Å². The van der Waals surface area contributed by atoms with Crippen molar-refractivity contribution in [1.29, 1.82) is 0 Å². The number of carbonyl (C=O) groups is 2. The van der Waals surface area contributed by atoms with E-state index < -0.39 is 0 Å². The molecule has 0 saturated heterocycles. The molecule has 28 heavy (non-hydrogen) atoms. The van der Waals surface area contributed by atoms with Crippen molar-refractivity contribution in [2.75, 3.05) is 13.1 Å². The van der Waals surface area contributed by atoms with E-state index in [1.54, 1.807) is 0 Å². The Kier molecular flexibility index (Phi) is 5.07. The number of aromatic nitrogens is 2. The summed E-state index contributed by atoms with van der Waals surface area (Å²) in [6, 6.07) is 10.2. The van der Waals surface area contributed by atoms with Crippen LogP contribution in [0.25, 0.3) is 0 Å². The number of nitrogens with one attached hydrogen (secondary N) is 1. The summed E-state index contributed by atoms with van der Waals surface area (Å²) in [4.78, 5) is 28.5. The van der Waals surface area contributed by atoms with Crippen molar-refractivity contribution in [2.24, 2.45) is 5.92 Å². The molecule has 2 aliphatic rings. The molecule has 0 bridgehead atoms. The van der Waals surface area contributed by atoms with Crippen LogP contribution in [-0.2, 0) is 37.4 Å². The van der Waals surface area contributed by atoms with Crippen LogP contribution in [0.1, 0.15) is 36.4 Å². The summed E-state index contributed by atoms with van der Waals surface area (Å²) in [5.74, 6) is 0.176.